The number of anilines is 1. The van der Waals surface area contributed by atoms with Gasteiger partial charge in [-0.2, -0.15) is 0 Å². The topological polar surface area (TPSA) is 38.3 Å². The van der Waals surface area contributed by atoms with Crippen LogP contribution in [-0.2, 0) is 16.1 Å². The summed E-state index contributed by atoms with van der Waals surface area (Å²) in [7, 11) is 4.60. The van der Waals surface area contributed by atoms with Crippen LogP contribution in [0.3, 0.4) is 0 Å². The molecule has 2 aromatic carbocycles. The molecule has 0 radical (unpaired) electrons. The van der Waals surface area contributed by atoms with Gasteiger partial charge in [-0.05, 0) is 47.4 Å². The van der Waals surface area contributed by atoms with Crippen LogP contribution in [0.5, 0.6) is 0 Å². The number of hydrogen-bond acceptors (Lipinski definition) is 3. The first-order valence-corrected chi connectivity index (χ1v) is 13.3. The molecule has 36 heavy (non-hydrogen) atoms. The zero-order valence-electron chi connectivity index (χ0n) is 21.7. The van der Waals surface area contributed by atoms with Crippen LogP contribution in [0.15, 0.2) is 66.7 Å². The van der Waals surface area contributed by atoms with E-state index in [0.29, 0.717) is 12.0 Å². The van der Waals surface area contributed by atoms with E-state index in [0.717, 1.165) is 47.6 Å². The lowest BCUT2D eigenvalue weighted by molar-refractivity contribution is -0.929. The highest BCUT2D eigenvalue weighted by atomic mass is 127. The molecule has 0 aliphatic carbocycles. The van der Waals surface area contributed by atoms with E-state index in [2.05, 4.69) is 81.8 Å². The summed E-state index contributed by atoms with van der Waals surface area (Å²) in [6, 6.07) is 21.8. The van der Waals surface area contributed by atoms with Gasteiger partial charge in [0.1, 0.15) is 6.54 Å². The normalized spacial score (nSPS) is 14.7. The molecule has 1 fully saturated rings. The molecule has 2 heterocycles. The molecule has 1 aliphatic rings. The van der Waals surface area contributed by atoms with E-state index in [1.54, 1.807) is 17.4 Å². The maximum absolute atomic E-state index is 12.5. The molecule has 6 heteroatoms. The highest BCUT2D eigenvalue weighted by Gasteiger charge is 2.30. The number of benzene rings is 2. The van der Waals surface area contributed by atoms with Gasteiger partial charge >= 0.3 is 0 Å². The van der Waals surface area contributed by atoms with Crippen LogP contribution in [0, 0.1) is 0 Å². The highest BCUT2D eigenvalue weighted by Crippen LogP contribution is 2.30. The third-order valence-corrected chi connectivity index (χ3v) is 7.98. The summed E-state index contributed by atoms with van der Waals surface area (Å²) in [6.07, 6.45) is 5.72. The molecule has 0 bridgehead atoms. The van der Waals surface area contributed by atoms with Crippen LogP contribution in [0.1, 0.15) is 48.6 Å². The quantitative estimate of drug-likeness (QED) is 0.237. The predicted octanol–water partition coefficient (Wildman–Crippen LogP) is 3.95. The Balaban J connectivity index is 0.00000361. The lowest BCUT2D eigenvalue weighted by Crippen LogP contribution is -3.00. The lowest BCUT2D eigenvalue weighted by atomic mass is 10.0. The summed E-state index contributed by atoms with van der Waals surface area (Å²) in [5.41, 5.74) is 4.65. The number of hydrogen-bond donors (Lipinski definition) is 1. The SMILES string of the molecule is CC(C)c1ccc(-c2ccc(C=CC(=O)Nc3ccc(C[N+](C)(C)C4CCOCC4)cc3)s2)cc1.[I-]. The fourth-order valence-electron chi connectivity index (χ4n) is 4.65. The Morgan fingerprint density at radius 1 is 1.03 bits per heavy atom. The van der Waals surface area contributed by atoms with Crippen LogP contribution >= 0.6 is 11.3 Å². The number of nitrogens with zero attached hydrogens (tertiary/aromatic N) is 1. The zero-order valence-corrected chi connectivity index (χ0v) is 24.6. The second-order valence-corrected chi connectivity index (χ2v) is 11.4. The molecular formula is C30H37IN2O2S. The van der Waals surface area contributed by atoms with Gasteiger partial charge in [-0.15, -0.1) is 11.3 Å². The van der Waals surface area contributed by atoms with Gasteiger partial charge in [-0.3, -0.25) is 4.79 Å². The van der Waals surface area contributed by atoms with Crippen molar-refractivity contribution >= 4 is 29.0 Å². The minimum atomic E-state index is -0.118. The molecule has 0 saturated carbocycles. The third kappa shape index (κ3) is 7.75. The van der Waals surface area contributed by atoms with Crippen LogP contribution in [0.4, 0.5) is 5.69 Å². The van der Waals surface area contributed by atoms with Gasteiger partial charge in [0, 0.05) is 39.9 Å². The molecule has 0 unspecified atom stereocenters. The van der Waals surface area contributed by atoms with Crippen LogP contribution in [-0.4, -0.2) is 43.7 Å². The number of ether oxygens (including phenoxy) is 1. The van der Waals surface area contributed by atoms with E-state index in [9.17, 15) is 4.79 Å². The maximum atomic E-state index is 12.5. The molecule has 1 aromatic heterocycles. The van der Waals surface area contributed by atoms with Gasteiger partial charge in [0.05, 0.1) is 33.4 Å². The largest absolute Gasteiger partial charge is 1.00 e. The number of quaternary nitrogens is 1. The van der Waals surface area contributed by atoms with Gasteiger partial charge in [0.2, 0.25) is 5.91 Å². The molecule has 1 amide bonds. The van der Waals surface area contributed by atoms with E-state index in [1.165, 1.54) is 21.6 Å². The van der Waals surface area contributed by atoms with Crippen molar-refractivity contribution in [3.63, 3.8) is 0 Å². The predicted molar refractivity (Wildman–Crippen MR) is 148 cm³/mol. The Morgan fingerprint density at radius 2 is 1.69 bits per heavy atom. The van der Waals surface area contributed by atoms with Gasteiger partial charge in [-0.25, -0.2) is 0 Å². The van der Waals surface area contributed by atoms with Crippen molar-refractivity contribution in [2.24, 2.45) is 0 Å². The molecule has 4 nitrogen and oxygen atoms in total. The Morgan fingerprint density at radius 3 is 2.33 bits per heavy atom. The molecule has 0 spiro atoms. The van der Waals surface area contributed by atoms with E-state index < -0.39 is 0 Å². The fraction of sp³-hybridized carbons (Fsp3) is 0.367. The lowest BCUT2D eigenvalue weighted by Gasteiger charge is -2.40. The Bertz CT molecular complexity index is 1140. The van der Waals surface area contributed by atoms with Crippen molar-refractivity contribution in [2.75, 3.05) is 32.6 Å². The average molecular weight is 617 g/mol. The molecule has 192 valence electrons. The van der Waals surface area contributed by atoms with Crippen LogP contribution < -0.4 is 29.3 Å². The van der Waals surface area contributed by atoms with Crippen molar-refractivity contribution in [3.8, 4) is 10.4 Å². The van der Waals surface area contributed by atoms with Crippen molar-refractivity contribution in [3.05, 3.63) is 82.7 Å². The smallest absolute Gasteiger partial charge is 0.248 e. The Kier molecular flexibility index (Phi) is 10.3. The number of halogens is 1. The highest BCUT2D eigenvalue weighted by molar-refractivity contribution is 7.16. The van der Waals surface area contributed by atoms with E-state index >= 15 is 0 Å². The first-order chi connectivity index (χ1) is 16.8. The fourth-order valence-corrected chi connectivity index (χ4v) is 5.56. The monoisotopic (exact) mass is 616 g/mol. The van der Waals surface area contributed by atoms with Crippen molar-refractivity contribution in [1.29, 1.82) is 0 Å². The van der Waals surface area contributed by atoms with Crippen LogP contribution in [0.25, 0.3) is 16.5 Å². The summed E-state index contributed by atoms with van der Waals surface area (Å²) < 4.78 is 6.48. The van der Waals surface area contributed by atoms with E-state index in [-0.39, 0.29) is 29.9 Å². The van der Waals surface area contributed by atoms with E-state index in [4.69, 9.17) is 4.74 Å². The van der Waals surface area contributed by atoms with Crippen molar-refractivity contribution in [2.45, 2.75) is 45.2 Å². The summed E-state index contributed by atoms with van der Waals surface area (Å²) in [5.74, 6) is 0.413. The number of carbonyl (C=O) groups excluding carboxylic acids is 1. The minimum absolute atomic E-state index is 0. The van der Waals surface area contributed by atoms with Gasteiger partial charge in [0.25, 0.3) is 0 Å². The van der Waals surface area contributed by atoms with Gasteiger partial charge in [-0.1, -0.05) is 50.2 Å². The number of carbonyl (C=O) groups is 1. The number of amides is 1. The standard InChI is InChI=1S/C30H36N2O2S.HI/c1-22(2)24-7-9-25(10-8-24)29-15-13-28(35-29)14-16-30(33)31-26-11-5-23(6-12-26)21-32(3,4)27-17-19-34-20-18-27;/h5-16,22,27H,17-21H2,1-4H3;1H. The van der Waals surface area contributed by atoms with Gasteiger partial charge < -0.3 is 38.5 Å². The molecule has 1 N–H and O–H groups in total. The Labute approximate surface area is 237 Å². The first kappa shape index (κ1) is 28.6. The molecular weight excluding hydrogens is 579 g/mol. The second kappa shape index (κ2) is 13.0. The third-order valence-electron chi connectivity index (χ3n) is 6.88. The van der Waals surface area contributed by atoms with Crippen molar-refractivity contribution in [1.82, 2.24) is 0 Å². The minimum Gasteiger partial charge on any atom is -1.00 e. The number of thiophene rings is 1. The second-order valence-electron chi connectivity index (χ2n) is 10.3. The molecule has 1 saturated heterocycles. The summed E-state index contributed by atoms with van der Waals surface area (Å²) in [6.45, 7) is 7.11. The molecule has 0 atom stereocenters. The molecule has 1 aliphatic heterocycles. The average Bonchev–Trinajstić information content (AvgIpc) is 3.34. The zero-order chi connectivity index (χ0) is 24.8. The molecule has 3 aromatic rings. The van der Waals surface area contributed by atoms with E-state index in [1.807, 2.05) is 18.2 Å². The molecule has 4 rings (SSSR count). The summed E-state index contributed by atoms with van der Waals surface area (Å²) >= 11 is 1.69. The van der Waals surface area contributed by atoms with Crippen molar-refractivity contribution < 1.29 is 38.0 Å². The number of nitrogens with one attached hydrogen (secondary N) is 1. The Hall–Kier alpha value is -2.00. The number of rotatable bonds is 8. The first-order valence-electron chi connectivity index (χ1n) is 12.5. The van der Waals surface area contributed by atoms with Gasteiger partial charge in [0.15, 0.2) is 0 Å². The summed E-state index contributed by atoms with van der Waals surface area (Å²) in [5, 5.41) is 2.98. The maximum Gasteiger partial charge on any atom is 0.248 e. The van der Waals surface area contributed by atoms with Crippen LogP contribution in [0.2, 0.25) is 0 Å². The summed E-state index contributed by atoms with van der Waals surface area (Å²) in [4.78, 5) is 14.7.